The average molecular weight is 277 g/mol. The number of amides is 1. The average Bonchev–Trinajstić information content (AvgIpc) is 2.63. The smallest absolute Gasteiger partial charge is 0.225 e. The minimum Gasteiger partial charge on any atom is -0.332 e. The van der Waals surface area contributed by atoms with Crippen LogP contribution in [0.1, 0.15) is 65.2 Å². The van der Waals surface area contributed by atoms with Crippen LogP contribution >= 0.6 is 0 Å². The van der Waals surface area contributed by atoms with Crippen LogP contribution < -0.4 is 0 Å². The first-order chi connectivity index (χ1) is 9.68. The standard InChI is InChI=1S/C16H27N3O/c1-11(2)16(20)19-14-9-5-3-7-12(14)17-18-13-8-4-6-10-15(13)19/h11-15H,3-10H2,1-2H3. The van der Waals surface area contributed by atoms with E-state index in [1.807, 2.05) is 13.8 Å². The first-order valence-electron chi connectivity index (χ1n) is 8.40. The normalized spacial score (nSPS) is 37.2. The molecule has 1 amide bonds. The maximum absolute atomic E-state index is 12.8. The lowest BCUT2D eigenvalue weighted by Crippen LogP contribution is -2.56. The van der Waals surface area contributed by atoms with Gasteiger partial charge in [0.05, 0.1) is 24.2 Å². The Bertz CT molecular complexity index is 367. The number of hydrogen-bond donors (Lipinski definition) is 0. The van der Waals surface area contributed by atoms with Crippen LogP contribution in [0.2, 0.25) is 0 Å². The van der Waals surface area contributed by atoms with Crippen LogP contribution in [0.5, 0.6) is 0 Å². The molecule has 0 radical (unpaired) electrons. The summed E-state index contributed by atoms with van der Waals surface area (Å²) in [5, 5.41) is 9.31. The van der Waals surface area contributed by atoms with Crippen molar-refractivity contribution in [2.24, 2.45) is 16.1 Å². The lowest BCUT2D eigenvalue weighted by molar-refractivity contribution is -0.141. The van der Waals surface area contributed by atoms with Crippen LogP contribution in [0.25, 0.3) is 0 Å². The molecule has 0 spiro atoms. The molecule has 4 nitrogen and oxygen atoms in total. The van der Waals surface area contributed by atoms with Gasteiger partial charge in [0.25, 0.3) is 0 Å². The third-order valence-electron chi connectivity index (χ3n) is 5.21. The highest BCUT2D eigenvalue weighted by Gasteiger charge is 2.43. The van der Waals surface area contributed by atoms with E-state index in [-0.39, 0.29) is 18.0 Å². The molecule has 4 heteroatoms. The van der Waals surface area contributed by atoms with Crippen molar-refractivity contribution in [1.82, 2.24) is 4.90 Å². The fourth-order valence-corrected chi connectivity index (χ4v) is 4.14. The number of hydrogen-bond acceptors (Lipinski definition) is 3. The number of nitrogens with zero attached hydrogens (tertiary/aromatic N) is 3. The van der Waals surface area contributed by atoms with Gasteiger partial charge in [-0.05, 0) is 25.7 Å². The number of azo groups is 1. The first-order valence-corrected chi connectivity index (χ1v) is 8.40. The molecule has 112 valence electrons. The molecule has 0 N–H and O–H groups in total. The second-order valence-corrected chi connectivity index (χ2v) is 6.97. The van der Waals surface area contributed by atoms with Crippen LogP contribution in [0.15, 0.2) is 10.2 Å². The van der Waals surface area contributed by atoms with Gasteiger partial charge in [0, 0.05) is 5.92 Å². The van der Waals surface area contributed by atoms with E-state index in [1.54, 1.807) is 0 Å². The molecule has 3 aliphatic rings. The van der Waals surface area contributed by atoms with E-state index in [4.69, 9.17) is 0 Å². The van der Waals surface area contributed by atoms with Gasteiger partial charge in [0.15, 0.2) is 0 Å². The van der Waals surface area contributed by atoms with E-state index >= 15 is 0 Å². The Kier molecular flexibility index (Phi) is 4.08. The van der Waals surface area contributed by atoms with Crippen LogP contribution in [0, 0.1) is 5.92 Å². The van der Waals surface area contributed by atoms with E-state index < -0.39 is 0 Å². The summed E-state index contributed by atoms with van der Waals surface area (Å²) in [5.74, 6) is 0.407. The molecule has 4 unspecified atom stereocenters. The van der Waals surface area contributed by atoms with Crippen LogP contribution in [-0.4, -0.2) is 35.0 Å². The van der Waals surface area contributed by atoms with Crippen molar-refractivity contribution in [3.8, 4) is 0 Å². The quantitative estimate of drug-likeness (QED) is 0.722. The molecule has 0 aromatic carbocycles. The van der Waals surface area contributed by atoms with Gasteiger partial charge in [-0.2, -0.15) is 10.2 Å². The summed E-state index contributed by atoms with van der Waals surface area (Å²) < 4.78 is 0. The van der Waals surface area contributed by atoms with Crippen LogP contribution in [-0.2, 0) is 4.79 Å². The predicted molar refractivity (Wildman–Crippen MR) is 78.6 cm³/mol. The Morgan fingerprint density at radius 2 is 1.35 bits per heavy atom. The third-order valence-corrected chi connectivity index (χ3v) is 5.21. The van der Waals surface area contributed by atoms with Gasteiger partial charge >= 0.3 is 0 Å². The molecule has 0 aromatic heterocycles. The summed E-state index contributed by atoms with van der Waals surface area (Å²) in [6.45, 7) is 4.05. The second kappa shape index (κ2) is 5.82. The minimum atomic E-state index is 0.0817. The van der Waals surface area contributed by atoms with Crippen molar-refractivity contribution < 1.29 is 4.79 Å². The van der Waals surface area contributed by atoms with Crippen molar-refractivity contribution in [2.45, 2.75) is 89.4 Å². The Hall–Kier alpha value is -0.930. The lowest BCUT2D eigenvalue weighted by Gasteiger charge is -2.44. The van der Waals surface area contributed by atoms with E-state index in [1.165, 1.54) is 25.7 Å². The molecule has 3 rings (SSSR count). The first kappa shape index (κ1) is 14.0. The van der Waals surface area contributed by atoms with E-state index in [0.717, 1.165) is 25.7 Å². The lowest BCUT2D eigenvalue weighted by atomic mass is 9.84. The monoisotopic (exact) mass is 277 g/mol. The summed E-state index contributed by atoms with van der Waals surface area (Å²) in [4.78, 5) is 15.0. The van der Waals surface area contributed by atoms with Crippen molar-refractivity contribution in [3.63, 3.8) is 0 Å². The number of carbonyl (C=O) groups excluding carboxylic acids is 1. The zero-order chi connectivity index (χ0) is 14.1. The molecule has 2 fully saturated rings. The molecule has 2 saturated carbocycles. The van der Waals surface area contributed by atoms with Crippen LogP contribution in [0.4, 0.5) is 0 Å². The van der Waals surface area contributed by atoms with Gasteiger partial charge in [-0.15, -0.1) is 0 Å². The summed E-state index contributed by atoms with van der Waals surface area (Å²) in [6.07, 6.45) is 9.38. The Morgan fingerprint density at radius 1 is 0.900 bits per heavy atom. The van der Waals surface area contributed by atoms with Crippen molar-refractivity contribution >= 4 is 5.91 Å². The Morgan fingerprint density at radius 3 is 1.80 bits per heavy atom. The van der Waals surface area contributed by atoms with Gasteiger partial charge in [-0.25, -0.2) is 0 Å². The maximum Gasteiger partial charge on any atom is 0.225 e. The SMILES string of the molecule is CC(C)C(=O)N1C2CCCCC2N=NC2CCCCC21. The third kappa shape index (κ3) is 2.49. The van der Waals surface area contributed by atoms with Gasteiger partial charge in [0.2, 0.25) is 5.91 Å². The molecule has 4 atom stereocenters. The zero-order valence-electron chi connectivity index (χ0n) is 12.8. The molecular formula is C16H27N3O. The predicted octanol–water partition coefficient (Wildman–Crippen LogP) is 3.56. The fraction of sp³-hybridized carbons (Fsp3) is 0.938. The van der Waals surface area contributed by atoms with Crippen molar-refractivity contribution in [1.29, 1.82) is 0 Å². The second-order valence-electron chi connectivity index (χ2n) is 6.97. The van der Waals surface area contributed by atoms with Crippen molar-refractivity contribution in [3.05, 3.63) is 0 Å². The maximum atomic E-state index is 12.8. The molecule has 2 aliphatic carbocycles. The zero-order valence-corrected chi connectivity index (χ0v) is 12.8. The summed E-state index contributed by atoms with van der Waals surface area (Å²) in [7, 11) is 0. The molecule has 0 bridgehead atoms. The fourth-order valence-electron chi connectivity index (χ4n) is 4.14. The van der Waals surface area contributed by atoms with Gasteiger partial charge in [-0.3, -0.25) is 4.79 Å². The number of carbonyl (C=O) groups is 1. The Balaban J connectivity index is 1.93. The van der Waals surface area contributed by atoms with Gasteiger partial charge in [0.1, 0.15) is 0 Å². The highest BCUT2D eigenvalue weighted by atomic mass is 16.2. The molecule has 0 saturated heterocycles. The molecule has 1 aliphatic heterocycles. The molecule has 20 heavy (non-hydrogen) atoms. The highest BCUT2D eigenvalue weighted by Crippen LogP contribution is 2.36. The summed E-state index contributed by atoms with van der Waals surface area (Å²) >= 11 is 0. The van der Waals surface area contributed by atoms with Gasteiger partial charge < -0.3 is 4.90 Å². The summed E-state index contributed by atoms with van der Waals surface area (Å²) in [6, 6.07) is 1.15. The Labute approximate surface area is 122 Å². The molecular weight excluding hydrogens is 250 g/mol. The van der Waals surface area contributed by atoms with E-state index in [0.29, 0.717) is 18.0 Å². The molecule has 0 aromatic rings. The highest BCUT2D eigenvalue weighted by molar-refractivity contribution is 5.79. The number of rotatable bonds is 1. The largest absolute Gasteiger partial charge is 0.332 e. The minimum absolute atomic E-state index is 0.0817. The molecule has 1 heterocycles. The van der Waals surface area contributed by atoms with Gasteiger partial charge in [-0.1, -0.05) is 39.5 Å². The topological polar surface area (TPSA) is 45.0 Å². The summed E-state index contributed by atoms with van der Waals surface area (Å²) in [5.41, 5.74) is 0. The van der Waals surface area contributed by atoms with Crippen molar-refractivity contribution in [2.75, 3.05) is 0 Å². The van der Waals surface area contributed by atoms with E-state index in [2.05, 4.69) is 15.1 Å². The van der Waals surface area contributed by atoms with E-state index in [9.17, 15) is 4.79 Å². The van der Waals surface area contributed by atoms with Crippen LogP contribution in [0.3, 0.4) is 0 Å². The number of fused-ring (bicyclic) bond motifs is 2.